The maximum Gasteiger partial charge on any atom is 0.165 e. The first-order chi connectivity index (χ1) is 22.3. The zero-order valence-corrected chi connectivity index (χ0v) is 24.3. The van der Waals surface area contributed by atoms with Gasteiger partial charge >= 0.3 is 0 Å². The van der Waals surface area contributed by atoms with Gasteiger partial charge in [-0.05, 0) is 79.5 Å². The highest BCUT2D eigenvalue weighted by Gasteiger charge is 2.20. The monoisotopic (exact) mass is 571 g/mol. The van der Waals surface area contributed by atoms with Crippen LogP contribution in [0.4, 0.5) is 0 Å². The summed E-state index contributed by atoms with van der Waals surface area (Å²) in [4.78, 5) is 10.7. The van der Waals surface area contributed by atoms with Crippen molar-refractivity contribution in [2.45, 2.75) is 0 Å². The van der Waals surface area contributed by atoms with Crippen LogP contribution in [0.5, 0.6) is 0 Å². The number of hydrogen-bond donors (Lipinski definition) is 0. The number of fused-ring (bicyclic) bond motifs is 11. The van der Waals surface area contributed by atoms with Gasteiger partial charge in [0.05, 0.1) is 22.1 Å². The van der Waals surface area contributed by atoms with E-state index in [1.165, 1.54) is 53.9 Å². The highest BCUT2D eigenvalue weighted by atomic mass is 15.1. The van der Waals surface area contributed by atoms with Gasteiger partial charge in [-0.25, -0.2) is 9.97 Å². The molecule has 3 nitrogen and oxygen atoms in total. The Labute approximate surface area is 258 Å². The molecular weight excluding hydrogens is 546 g/mol. The van der Waals surface area contributed by atoms with Crippen LogP contribution in [-0.2, 0) is 0 Å². The van der Waals surface area contributed by atoms with Crippen molar-refractivity contribution in [1.82, 2.24) is 14.5 Å². The molecule has 10 rings (SSSR count). The number of benzene rings is 8. The summed E-state index contributed by atoms with van der Waals surface area (Å²) in [6.45, 7) is 0. The fourth-order valence-electron chi connectivity index (χ4n) is 7.28. The van der Waals surface area contributed by atoms with Crippen molar-refractivity contribution in [1.29, 1.82) is 0 Å². The van der Waals surface area contributed by atoms with Crippen LogP contribution in [0.1, 0.15) is 0 Å². The van der Waals surface area contributed by atoms with E-state index in [1.807, 2.05) is 12.1 Å². The zero-order chi connectivity index (χ0) is 29.5. The SMILES string of the molecule is c1ccc2cc3c(cc2c1)c1ccccc1n3-c1nc2ccccc2nc1-c1ccc2c3ccccc3c3ccccc3c2c1. The molecule has 0 saturated carbocycles. The molecule has 0 spiro atoms. The Bertz CT molecular complexity index is 2790. The summed E-state index contributed by atoms with van der Waals surface area (Å²) in [5.41, 5.74) is 5.90. The van der Waals surface area contributed by atoms with Crippen molar-refractivity contribution in [3.05, 3.63) is 152 Å². The van der Waals surface area contributed by atoms with Gasteiger partial charge in [-0.3, -0.25) is 4.57 Å². The van der Waals surface area contributed by atoms with Gasteiger partial charge in [0.15, 0.2) is 5.82 Å². The number of para-hydroxylation sites is 3. The highest BCUT2D eigenvalue weighted by molar-refractivity contribution is 6.25. The summed E-state index contributed by atoms with van der Waals surface area (Å²) in [6, 6.07) is 54.2. The number of nitrogens with zero attached hydrogens (tertiary/aromatic N) is 3. The lowest BCUT2D eigenvalue weighted by Gasteiger charge is -2.15. The lowest BCUT2D eigenvalue weighted by atomic mass is 9.93. The molecule has 0 aliphatic heterocycles. The molecule has 8 aromatic carbocycles. The molecule has 0 bridgehead atoms. The van der Waals surface area contributed by atoms with Crippen molar-refractivity contribution in [2.75, 3.05) is 0 Å². The fourth-order valence-corrected chi connectivity index (χ4v) is 7.28. The van der Waals surface area contributed by atoms with Crippen LogP contribution < -0.4 is 0 Å². The average Bonchev–Trinajstić information content (AvgIpc) is 3.43. The molecule has 0 N–H and O–H groups in total. The van der Waals surface area contributed by atoms with Crippen molar-refractivity contribution in [3.63, 3.8) is 0 Å². The lowest BCUT2D eigenvalue weighted by Crippen LogP contribution is -2.03. The average molecular weight is 572 g/mol. The van der Waals surface area contributed by atoms with E-state index in [1.54, 1.807) is 0 Å². The molecule has 0 saturated heterocycles. The molecule has 3 heteroatoms. The van der Waals surface area contributed by atoms with Gasteiger partial charge in [0.1, 0.15) is 5.69 Å². The van der Waals surface area contributed by atoms with Crippen LogP contribution >= 0.6 is 0 Å². The summed E-state index contributed by atoms with van der Waals surface area (Å²) in [5, 5.41) is 12.3. The van der Waals surface area contributed by atoms with Gasteiger partial charge in [-0.15, -0.1) is 0 Å². The second kappa shape index (κ2) is 9.22. The minimum absolute atomic E-state index is 0.833. The minimum Gasteiger partial charge on any atom is -0.292 e. The molecule has 2 aromatic heterocycles. The summed E-state index contributed by atoms with van der Waals surface area (Å²) < 4.78 is 2.31. The second-order valence-electron chi connectivity index (χ2n) is 11.8. The van der Waals surface area contributed by atoms with Crippen LogP contribution in [0.25, 0.3) is 93.0 Å². The molecule has 0 aliphatic rings. The maximum absolute atomic E-state index is 5.37. The highest BCUT2D eigenvalue weighted by Crippen LogP contribution is 2.40. The third kappa shape index (κ3) is 3.52. The van der Waals surface area contributed by atoms with Crippen molar-refractivity contribution in [2.24, 2.45) is 0 Å². The number of rotatable bonds is 2. The predicted octanol–water partition coefficient (Wildman–Crippen LogP) is 11.0. The van der Waals surface area contributed by atoms with Crippen LogP contribution in [0, 0.1) is 0 Å². The van der Waals surface area contributed by atoms with Crippen molar-refractivity contribution >= 4 is 75.9 Å². The van der Waals surface area contributed by atoms with E-state index < -0.39 is 0 Å². The number of hydrogen-bond acceptors (Lipinski definition) is 2. The smallest absolute Gasteiger partial charge is 0.165 e. The van der Waals surface area contributed by atoms with Gasteiger partial charge in [0, 0.05) is 16.3 Å². The third-order valence-electron chi connectivity index (χ3n) is 9.32. The van der Waals surface area contributed by atoms with Crippen LogP contribution in [-0.4, -0.2) is 14.5 Å². The Morgan fingerprint density at radius 2 is 0.889 bits per heavy atom. The molecule has 0 aliphatic carbocycles. The first-order valence-electron chi connectivity index (χ1n) is 15.3. The van der Waals surface area contributed by atoms with Gasteiger partial charge in [0.2, 0.25) is 0 Å². The molecule has 0 amide bonds. The molecule has 0 unspecified atom stereocenters. The Kier molecular flexibility index (Phi) is 5.00. The molecule has 0 fully saturated rings. The van der Waals surface area contributed by atoms with E-state index in [0.717, 1.165) is 39.1 Å². The standard InChI is InChI=1S/C42H25N3/c1-2-12-27-25-40-36(23-26(27)11-1)34-17-7-10-20-39(34)45(40)42-41(43-37-18-8-9-19-38(37)44-42)28-21-22-33-31-15-4-3-13-29(31)30-14-5-6-16-32(30)35(33)24-28/h1-25H. The largest absolute Gasteiger partial charge is 0.292 e. The fraction of sp³-hybridized carbons (Fsp3) is 0. The first kappa shape index (κ1) is 24.4. The van der Waals surface area contributed by atoms with E-state index in [4.69, 9.17) is 9.97 Å². The first-order valence-corrected chi connectivity index (χ1v) is 15.3. The molecule has 2 heterocycles. The molecule has 208 valence electrons. The van der Waals surface area contributed by atoms with E-state index in [9.17, 15) is 0 Å². The Morgan fingerprint density at radius 1 is 0.356 bits per heavy atom. The van der Waals surface area contributed by atoms with Crippen LogP contribution in [0.2, 0.25) is 0 Å². The van der Waals surface area contributed by atoms with E-state index >= 15 is 0 Å². The van der Waals surface area contributed by atoms with E-state index in [0.29, 0.717) is 0 Å². The zero-order valence-electron chi connectivity index (χ0n) is 24.3. The molecule has 0 atom stereocenters. The van der Waals surface area contributed by atoms with Crippen LogP contribution in [0.15, 0.2) is 152 Å². The molecular formula is C42H25N3. The minimum atomic E-state index is 0.833. The lowest BCUT2D eigenvalue weighted by molar-refractivity contribution is 1.08. The summed E-state index contributed by atoms with van der Waals surface area (Å²) in [6.07, 6.45) is 0. The number of aromatic nitrogens is 3. The normalized spacial score (nSPS) is 12.0. The van der Waals surface area contributed by atoms with Crippen LogP contribution in [0.3, 0.4) is 0 Å². The van der Waals surface area contributed by atoms with Gasteiger partial charge in [-0.2, -0.15) is 0 Å². The second-order valence-corrected chi connectivity index (χ2v) is 11.8. The summed E-state index contributed by atoms with van der Waals surface area (Å²) >= 11 is 0. The Hall–Kier alpha value is -6.06. The molecule has 0 radical (unpaired) electrons. The van der Waals surface area contributed by atoms with Gasteiger partial charge in [0.25, 0.3) is 0 Å². The van der Waals surface area contributed by atoms with E-state index in [-0.39, 0.29) is 0 Å². The van der Waals surface area contributed by atoms with E-state index in [2.05, 4.69) is 144 Å². The molecule has 45 heavy (non-hydrogen) atoms. The topological polar surface area (TPSA) is 30.7 Å². The quantitative estimate of drug-likeness (QED) is 0.193. The Morgan fingerprint density at radius 3 is 1.60 bits per heavy atom. The molecule has 10 aromatic rings. The Balaban J connectivity index is 1.35. The van der Waals surface area contributed by atoms with Crippen molar-refractivity contribution < 1.29 is 0 Å². The third-order valence-corrected chi connectivity index (χ3v) is 9.32. The van der Waals surface area contributed by atoms with Gasteiger partial charge in [-0.1, -0.05) is 115 Å². The summed E-state index contributed by atoms with van der Waals surface area (Å²) in [5.74, 6) is 0.833. The summed E-state index contributed by atoms with van der Waals surface area (Å²) in [7, 11) is 0. The maximum atomic E-state index is 5.37. The van der Waals surface area contributed by atoms with Crippen molar-refractivity contribution in [3.8, 4) is 17.1 Å². The predicted molar refractivity (Wildman–Crippen MR) is 189 cm³/mol. The van der Waals surface area contributed by atoms with Gasteiger partial charge < -0.3 is 0 Å².